The molecule has 0 spiro atoms. The van der Waals surface area contributed by atoms with Crippen molar-refractivity contribution in [1.29, 1.82) is 0 Å². The van der Waals surface area contributed by atoms with Crippen LogP contribution in [0.15, 0.2) is 12.1 Å². The second-order valence-corrected chi connectivity index (χ2v) is 3.99. The van der Waals surface area contributed by atoms with Crippen LogP contribution in [0.5, 0.6) is 11.5 Å². The van der Waals surface area contributed by atoms with Gasteiger partial charge in [0, 0.05) is 0 Å². The summed E-state index contributed by atoms with van der Waals surface area (Å²) in [5.74, 6) is 0.608. The second kappa shape index (κ2) is 3.94. The van der Waals surface area contributed by atoms with E-state index in [2.05, 4.69) is 5.32 Å². The summed E-state index contributed by atoms with van der Waals surface area (Å²) < 4.78 is 24.1. The lowest BCUT2D eigenvalue weighted by Crippen LogP contribution is -2.26. The molecule has 0 amide bonds. The first-order valence-electron chi connectivity index (χ1n) is 5.28. The van der Waals surface area contributed by atoms with Gasteiger partial charge in [-0.25, -0.2) is 4.39 Å². The fraction of sp³-hybridized carbons (Fsp3) is 0.500. The van der Waals surface area contributed by atoms with Gasteiger partial charge in [-0.2, -0.15) is 0 Å². The fourth-order valence-corrected chi connectivity index (χ4v) is 2.11. The third-order valence-corrected chi connectivity index (χ3v) is 3.20. The molecule has 3 nitrogen and oxygen atoms in total. The van der Waals surface area contributed by atoms with Gasteiger partial charge in [-0.15, -0.1) is 0 Å². The Morgan fingerprint density at radius 1 is 1.25 bits per heavy atom. The summed E-state index contributed by atoms with van der Waals surface area (Å²) in [6.07, 6.45) is 1.94. The maximum atomic E-state index is 13.7. The molecule has 0 saturated heterocycles. The van der Waals surface area contributed by atoms with Gasteiger partial charge in [0.1, 0.15) is 5.75 Å². The Kier molecular flexibility index (Phi) is 2.76. The maximum absolute atomic E-state index is 13.7. The van der Waals surface area contributed by atoms with Crippen molar-refractivity contribution in [2.75, 3.05) is 21.3 Å². The van der Waals surface area contributed by atoms with Gasteiger partial charge in [0.15, 0.2) is 11.6 Å². The first kappa shape index (κ1) is 11.2. The number of ether oxygens (including phenoxy) is 2. The van der Waals surface area contributed by atoms with Gasteiger partial charge >= 0.3 is 0 Å². The van der Waals surface area contributed by atoms with E-state index in [1.165, 1.54) is 13.2 Å². The van der Waals surface area contributed by atoms with Crippen LogP contribution in [0.2, 0.25) is 0 Å². The topological polar surface area (TPSA) is 30.5 Å². The predicted octanol–water partition coefficient (Wildman–Crippen LogP) is 2.05. The second-order valence-electron chi connectivity index (χ2n) is 3.99. The van der Waals surface area contributed by atoms with Crippen LogP contribution < -0.4 is 14.8 Å². The molecule has 1 fully saturated rings. The quantitative estimate of drug-likeness (QED) is 0.850. The molecular weight excluding hydrogens is 209 g/mol. The van der Waals surface area contributed by atoms with Crippen molar-refractivity contribution in [2.45, 2.75) is 18.4 Å². The Balaban J connectivity index is 2.59. The standard InChI is InChI=1S/C12H16FNO2/c1-14-12(6-7-12)10-9(15-2)5-4-8(13)11(10)16-3/h4-5,14H,6-7H2,1-3H3. The molecule has 0 bridgehead atoms. The van der Waals surface area contributed by atoms with Crippen LogP contribution in [0.3, 0.4) is 0 Å². The van der Waals surface area contributed by atoms with Gasteiger partial charge < -0.3 is 14.8 Å². The van der Waals surface area contributed by atoms with Gasteiger partial charge in [0.2, 0.25) is 0 Å². The van der Waals surface area contributed by atoms with Crippen LogP contribution in [-0.2, 0) is 5.54 Å². The molecule has 0 atom stereocenters. The Labute approximate surface area is 94.6 Å². The number of benzene rings is 1. The highest BCUT2D eigenvalue weighted by molar-refractivity contribution is 5.52. The van der Waals surface area contributed by atoms with E-state index in [1.807, 2.05) is 7.05 Å². The molecule has 2 rings (SSSR count). The van der Waals surface area contributed by atoms with Crippen LogP contribution in [0.4, 0.5) is 4.39 Å². The fourth-order valence-electron chi connectivity index (χ4n) is 2.11. The van der Waals surface area contributed by atoms with E-state index in [9.17, 15) is 4.39 Å². The minimum atomic E-state index is -0.347. The lowest BCUT2D eigenvalue weighted by Gasteiger charge is -2.21. The van der Waals surface area contributed by atoms with Crippen molar-refractivity contribution in [3.05, 3.63) is 23.5 Å². The van der Waals surface area contributed by atoms with Crippen molar-refractivity contribution >= 4 is 0 Å². The Hall–Kier alpha value is -1.29. The molecule has 1 N–H and O–H groups in total. The van der Waals surface area contributed by atoms with E-state index < -0.39 is 0 Å². The molecule has 0 aliphatic heterocycles. The van der Waals surface area contributed by atoms with Crippen molar-refractivity contribution in [3.8, 4) is 11.5 Å². The summed E-state index contributed by atoms with van der Waals surface area (Å²) in [7, 11) is 4.94. The van der Waals surface area contributed by atoms with E-state index in [0.717, 1.165) is 18.4 Å². The molecule has 1 aromatic rings. The highest BCUT2D eigenvalue weighted by Crippen LogP contribution is 2.52. The number of methoxy groups -OCH3 is 2. The van der Waals surface area contributed by atoms with Crippen molar-refractivity contribution < 1.29 is 13.9 Å². The van der Waals surface area contributed by atoms with Crippen molar-refractivity contribution in [3.63, 3.8) is 0 Å². The van der Waals surface area contributed by atoms with Gasteiger partial charge in [-0.05, 0) is 32.0 Å². The molecular formula is C12H16FNO2. The monoisotopic (exact) mass is 225 g/mol. The zero-order valence-corrected chi connectivity index (χ0v) is 9.76. The van der Waals surface area contributed by atoms with Crippen molar-refractivity contribution in [2.24, 2.45) is 0 Å². The largest absolute Gasteiger partial charge is 0.496 e. The highest BCUT2D eigenvalue weighted by atomic mass is 19.1. The normalized spacial score (nSPS) is 17.0. The maximum Gasteiger partial charge on any atom is 0.165 e. The summed E-state index contributed by atoms with van der Waals surface area (Å²) in [6.45, 7) is 0. The van der Waals surface area contributed by atoms with Crippen LogP contribution in [-0.4, -0.2) is 21.3 Å². The Morgan fingerprint density at radius 3 is 2.38 bits per heavy atom. The Bertz CT molecular complexity index is 402. The van der Waals surface area contributed by atoms with Crippen LogP contribution in [0.25, 0.3) is 0 Å². The first-order chi connectivity index (χ1) is 7.68. The lowest BCUT2D eigenvalue weighted by atomic mass is 10.0. The molecule has 1 aliphatic rings. The number of nitrogens with one attached hydrogen (secondary N) is 1. The minimum Gasteiger partial charge on any atom is -0.496 e. The zero-order chi connectivity index (χ0) is 11.8. The molecule has 0 aromatic heterocycles. The number of hydrogen-bond donors (Lipinski definition) is 1. The van der Waals surface area contributed by atoms with Gasteiger partial charge in [0.05, 0.1) is 25.3 Å². The third kappa shape index (κ3) is 1.53. The number of rotatable bonds is 4. The minimum absolute atomic E-state index is 0.182. The van der Waals surface area contributed by atoms with E-state index in [-0.39, 0.29) is 17.1 Å². The van der Waals surface area contributed by atoms with Gasteiger partial charge in [-0.3, -0.25) is 0 Å². The van der Waals surface area contributed by atoms with E-state index in [1.54, 1.807) is 13.2 Å². The van der Waals surface area contributed by atoms with E-state index in [4.69, 9.17) is 9.47 Å². The van der Waals surface area contributed by atoms with Crippen LogP contribution in [0, 0.1) is 5.82 Å². The first-order valence-corrected chi connectivity index (χ1v) is 5.28. The van der Waals surface area contributed by atoms with E-state index in [0.29, 0.717) is 5.75 Å². The summed E-state index contributed by atoms with van der Waals surface area (Å²) in [5, 5.41) is 3.22. The smallest absolute Gasteiger partial charge is 0.165 e. The summed E-state index contributed by atoms with van der Waals surface area (Å²) in [5.41, 5.74) is 0.610. The lowest BCUT2D eigenvalue weighted by molar-refractivity contribution is 0.352. The number of halogens is 1. The highest BCUT2D eigenvalue weighted by Gasteiger charge is 2.47. The SMILES string of the molecule is CNC1(c2c(OC)ccc(F)c2OC)CC1. The molecule has 1 aliphatic carbocycles. The zero-order valence-electron chi connectivity index (χ0n) is 9.76. The van der Waals surface area contributed by atoms with Gasteiger partial charge in [-0.1, -0.05) is 0 Å². The third-order valence-electron chi connectivity index (χ3n) is 3.20. The molecule has 88 valence electrons. The number of hydrogen-bond acceptors (Lipinski definition) is 3. The molecule has 1 saturated carbocycles. The Morgan fingerprint density at radius 2 is 1.94 bits per heavy atom. The molecule has 0 heterocycles. The average Bonchev–Trinajstić information content (AvgIpc) is 3.09. The van der Waals surface area contributed by atoms with Crippen LogP contribution in [0.1, 0.15) is 18.4 Å². The molecule has 1 aromatic carbocycles. The molecule has 0 unspecified atom stereocenters. The summed E-state index contributed by atoms with van der Waals surface area (Å²) in [4.78, 5) is 0. The molecule has 0 radical (unpaired) electrons. The summed E-state index contributed by atoms with van der Waals surface area (Å²) >= 11 is 0. The summed E-state index contributed by atoms with van der Waals surface area (Å²) in [6, 6.07) is 3.01. The van der Waals surface area contributed by atoms with Crippen molar-refractivity contribution in [1.82, 2.24) is 5.32 Å². The average molecular weight is 225 g/mol. The van der Waals surface area contributed by atoms with Gasteiger partial charge in [0.25, 0.3) is 0 Å². The van der Waals surface area contributed by atoms with E-state index >= 15 is 0 Å². The molecule has 4 heteroatoms. The van der Waals surface area contributed by atoms with Crippen LogP contribution >= 0.6 is 0 Å². The predicted molar refractivity (Wildman–Crippen MR) is 59.5 cm³/mol. The molecule has 16 heavy (non-hydrogen) atoms.